The van der Waals surface area contributed by atoms with Crippen molar-refractivity contribution in [3.63, 3.8) is 0 Å². The number of aliphatic carboxylic acids is 1. The highest BCUT2D eigenvalue weighted by atomic mass is 16.5. The number of carbonyl (C=O) groups is 2. The molecule has 1 aliphatic heterocycles. The van der Waals surface area contributed by atoms with Crippen LogP contribution in [0.5, 0.6) is 0 Å². The Hall–Kier alpha value is -2.09. The first-order chi connectivity index (χ1) is 9.08. The van der Waals surface area contributed by atoms with Gasteiger partial charge in [0.25, 0.3) is 0 Å². The molecule has 0 bridgehead atoms. The summed E-state index contributed by atoms with van der Waals surface area (Å²) in [5.74, 6) is -0.321. The number of carboxylic acid groups (broad SMARTS) is 1. The molecule has 2 rings (SSSR count). The number of imidazole rings is 1. The van der Waals surface area contributed by atoms with Gasteiger partial charge in [0, 0.05) is 26.0 Å². The van der Waals surface area contributed by atoms with Gasteiger partial charge in [-0.25, -0.2) is 14.6 Å². The van der Waals surface area contributed by atoms with E-state index in [9.17, 15) is 9.59 Å². The number of morpholine rings is 1. The normalized spacial score (nSPS) is 19.2. The molecule has 0 radical (unpaired) electrons. The van der Waals surface area contributed by atoms with Gasteiger partial charge in [-0.15, -0.1) is 0 Å². The fourth-order valence-corrected chi connectivity index (χ4v) is 1.82. The van der Waals surface area contributed by atoms with Crippen LogP contribution in [0.25, 0.3) is 0 Å². The number of hydrogen-bond acceptors (Lipinski definition) is 4. The Kier molecular flexibility index (Phi) is 4.00. The van der Waals surface area contributed by atoms with Crippen LogP contribution in [0.2, 0.25) is 0 Å². The summed E-state index contributed by atoms with van der Waals surface area (Å²) >= 11 is 0. The number of rotatable bonds is 3. The van der Waals surface area contributed by atoms with Crippen LogP contribution < -0.4 is 5.32 Å². The fourth-order valence-electron chi connectivity index (χ4n) is 1.82. The second-order valence-corrected chi connectivity index (χ2v) is 4.26. The third-order valence-electron chi connectivity index (χ3n) is 2.95. The summed E-state index contributed by atoms with van der Waals surface area (Å²) in [6.45, 7) is 0.974. The van der Waals surface area contributed by atoms with Crippen LogP contribution in [0.15, 0.2) is 12.4 Å². The van der Waals surface area contributed by atoms with Gasteiger partial charge < -0.3 is 24.6 Å². The summed E-state index contributed by atoms with van der Waals surface area (Å²) in [6, 6.07) is -0.308. The van der Waals surface area contributed by atoms with Crippen molar-refractivity contribution < 1.29 is 19.4 Å². The van der Waals surface area contributed by atoms with Crippen molar-refractivity contribution in [2.24, 2.45) is 7.05 Å². The lowest BCUT2D eigenvalue weighted by molar-refractivity contribution is -0.154. The average molecular weight is 268 g/mol. The van der Waals surface area contributed by atoms with Gasteiger partial charge in [0.05, 0.1) is 19.7 Å². The van der Waals surface area contributed by atoms with E-state index in [1.807, 2.05) is 7.05 Å². The van der Waals surface area contributed by atoms with Crippen LogP contribution in [-0.2, 0) is 23.1 Å². The van der Waals surface area contributed by atoms with Gasteiger partial charge in [0.2, 0.25) is 0 Å². The van der Waals surface area contributed by atoms with E-state index in [1.165, 1.54) is 4.90 Å². The molecule has 0 aromatic carbocycles. The van der Waals surface area contributed by atoms with E-state index in [-0.39, 0.29) is 19.2 Å². The molecule has 1 fully saturated rings. The summed E-state index contributed by atoms with van der Waals surface area (Å²) in [4.78, 5) is 28.2. The lowest BCUT2D eigenvalue weighted by Crippen LogP contribution is -2.51. The Morgan fingerprint density at radius 2 is 2.42 bits per heavy atom. The number of nitrogens with zero attached hydrogens (tertiary/aromatic N) is 3. The Bertz CT molecular complexity index is 473. The molecule has 8 nitrogen and oxygen atoms in total. The predicted octanol–water partition coefficient (Wildman–Crippen LogP) is -0.585. The van der Waals surface area contributed by atoms with Crippen LogP contribution in [0.3, 0.4) is 0 Å². The van der Waals surface area contributed by atoms with Crippen molar-refractivity contribution >= 4 is 12.0 Å². The summed E-state index contributed by atoms with van der Waals surface area (Å²) in [5.41, 5.74) is 0. The number of amides is 2. The number of ether oxygens (including phenoxy) is 1. The van der Waals surface area contributed by atoms with E-state index >= 15 is 0 Å². The topological polar surface area (TPSA) is 96.7 Å². The molecule has 2 N–H and O–H groups in total. The van der Waals surface area contributed by atoms with E-state index in [1.54, 1.807) is 17.0 Å². The molecule has 1 aromatic heterocycles. The van der Waals surface area contributed by atoms with Crippen molar-refractivity contribution in [3.8, 4) is 0 Å². The van der Waals surface area contributed by atoms with Crippen LogP contribution in [-0.4, -0.2) is 57.4 Å². The zero-order valence-corrected chi connectivity index (χ0v) is 10.6. The molecular formula is C11H16N4O4. The number of hydrogen-bond donors (Lipinski definition) is 2. The molecule has 0 aliphatic carbocycles. The number of carbonyl (C=O) groups excluding carboxylic acids is 1. The zero-order chi connectivity index (χ0) is 13.8. The average Bonchev–Trinajstić information content (AvgIpc) is 2.81. The lowest BCUT2D eigenvalue weighted by atomic mass is 10.3. The monoisotopic (exact) mass is 268 g/mol. The molecule has 2 heterocycles. The summed E-state index contributed by atoms with van der Waals surface area (Å²) in [7, 11) is 1.84. The highest BCUT2D eigenvalue weighted by molar-refractivity contribution is 5.77. The van der Waals surface area contributed by atoms with Gasteiger partial charge in [-0.05, 0) is 0 Å². The van der Waals surface area contributed by atoms with E-state index in [0.717, 1.165) is 5.82 Å². The van der Waals surface area contributed by atoms with Crippen LogP contribution >= 0.6 is 0 Å². The van der Waals surface area contributed by atoms with Crippen molar-refractivity contribution in [3.05, 3.63) is 18.2 Å². The van der Waals surface area contributed by atoms with Crippen molar-refractivity contribution in [2.75, 3.05) is 19.7 Å². The van der Waals surface area contributed by atoms with Crippen molar-refractivity contribution in [1.29, 1.82) is 0 Å². The summed E-state index contributed by atoms with van der Waals surface area (Å²) in [6.07, 6.45) is 2.49. The molecule has 2 amide bonds. The molecule has 1 aromatic rings. The number of carboxylic acids is 1. The first-order valence-corrected chi connectivity index (χ1v) is 5.91. The quantitative estimate of drug-likeness (QED) is 0.764. The minimum Gasteiger partial charge on any atom is -0.479 e. The fraction of sp³-hybridized carbons (Fsp3) is 0.545. The smallest absolute Gasteiger partial charge is 0.334 e. The maximum atomic E-state index is 11.9. The minimum absolute atomic E-state index is 0.0573. The molecule has 8 heteroatoms. The molecule has 1 saturated heterocycles. The number of aryl methyl sites for hydroxylation is 1. The van der Waals surface area contributed by atoms with Crippen LogP contribution in [0, 0.1) is 0 Å². The molecule has 1 unspecified atom stereocenters. The molecule has 1 aliphatic rings. The second kappa shape index (κ2) is 5.70. The van der Waals surface area contributed by atoms with Gasteiger partial charge >= 0.3 is 12.0 Å². The van der Waals surface area contributed by atoms with E-state index in [0.29, 0.717) is 13.1 Å². The lowest BCUT2D eigenvalue weighted by Gasteiger charge is -2.30. The van der Waals surface area contributed by atoms with Gasteiger partial charge in [-0.3, -0.25) is 0 Å². The van der Waals surface area contributed by atoms with Crippen LogP contribution in [0.4, 0.5) is 4.79 Å². The molecule has 0 saturated carbocycles. The highest BCUT2D eigenvalue weighted by Gasteiger charge is 2.28. The minimum atomic E-state index is -1.05. The van der Waals surface area contributed by atoms with E-state index in [2.05, 4.69) is 10.3 Å². The maximum absolute atomic E-state index is 11.9. The zero-order valence-electron chi connectivity index (χ0n) is 10.6. The molecule has 1 atom stereocenters. The maximum Gasteiger partial charge on any atom is 0.334 e. The Morgan fingerprint density at radius 1 is 1.63 bits per heavy atom. The molecule has 19 heavy (non-hydrogen) atoms. The van der Waals surface area contributed by atoms with Gasteiger partial charge in [-0.1, -0.05) is 0 Å². The van der Waals surface area contributed by atoms with E-state index in [4.69, 9.17) is 9.84 Å². The number of nitrogens with one attached hydrogen (secondary N) is 1. The number of urea groups is 1. The predicted molar refractivity (Wildman–Crippen MR) is 64.4 cm³/mol. The van der Waals surface area contributed by atoms with Crippen molar-refractivity contribution in [2.45, 2.75) is 12.6 Å². The first-order valence-electron chi connectivity index (χ1n) is 5.91. The summed E-state index contributed by atoms with van der Waals surface area (Å²) < 4.78 is 6.86. The Balaban J connectivity index is 1.86. The molecule has 104 valence electrons. The largest absolute Gasteiger partial charge is 0.479 e. The first kappa shape index (κ1) is 13.3. The standard InChI is InChI=1S/C11H16N4O4/c1-14-3-2-12-9(14)6-13-11(18)15-4-5-19-8(7-15)10(16)17/h2-3,8H,4-7H2,1H3,(H,13,18)(H,16,17). The number of aromatic nitrogens is 2. The second-order valence-electron chi connectivity index (χ2n) is 4.26. The third-order valence-corrected chi connectivity index (χ3v) is 2.95. The Morgan fingerprint density at radius 3 is 3.05 bits per heavy atom. The van der Waals surface area contributed by atoms with Gasteiger partial charge in [0.1, 0.15) is 5.82 Å². The van der Waals surface area contributed by atoms with Gasteiger partial charge in [-0.2, -0.15) is 0 Å². The van der Waals surface area contributed by atoms with E-state index < -0.39 is 12.1 Å². The molecule has 0 spiro atoms. The molecular weight excluding hydrogens is 252 g/mol. The van der Waals surface area contributed by atoms with Crippen molar-refractivity contribution in [1.82, 2.24) is 19.8 Å². The SMILES string of the molecule is Cn1ccnc1CNC(=O)N1CCOC(C(=O)O)C1. The third kappa shape index (κ3) is 3.22. The Labute approximate surface area is 110 Å². The van der Waals surface area contributed by atoms with Gasteiger partial charge in [0.15, 0.2) is 6.10 Å². The summed E-state index contributed by atoms with van der Waals surface area (Å²) in [5, 5.41) is 11.6. The highest BCUT2D eigenvalue weighted by Crippen LogP contribution is 2.06. The van der Waals surface area contributed by atoms with Crippen LogP contribution in [0.1, 0.15) is 5.82 Å².